The summed E-state index contributed by atoms with van der Waals surface area (Å²) in [6.07, 6.45) is -0.442. The smallest absolute Gasteiger partial charge is 0.407 e. The van der Waals surface area contributed by atoms with Crippen LogP contribution in [0.25, 0.3) is 11.1 Å². The van der Waals surface area contributed by atoms with Gasteiger partial charge in [0.2, 0.25) is 0 Å². The number of fused-ring (bicyclic) bond motifs is 3. The Morgan fingerprint density at radius 3 is 1.55 bits per heavy atom. The van der Waals surface area contributed by atoms with E-state index in [-0.39, 0.29) is 5.92 Å². The molecule has 0 aliphatic heterocycles. The number of benzene rings is 2. The predicted octanol–water partition coefficient (Wildman–Crippen LogP) is 4.46. The summed E-state index contributed by atoms with van der Waals surface area (Å²) < 4.78 is 38.6. The molecule has 9 nitrogen and oxygen atoms in total. The molecule has 0 fully saturated rings. The van der Waals surface area contributed by atoms with E-state index in [4.69, 9.17) is 32.8 Å². The Bertz CT molecular complexity index is 954. The van der Waals surface area contributed by atoms with Crippen LogP contribution in [0.1, 0.15) is 17.0 Å². The molecule has 0 aromatic heterocycles. The number of ether oxygens (including phenoxy) is 6. The molecule has 2 aromatic carbocycles. The van der Waals surface area contributed by atoms with Gasteiger partial charge in [-0.2, -0.15) is 0 Å². The fourth-order valence-corrected chi connectivity index (χ4v) is 4.96. The molecule has 0 radical (unpaired) electrons. The van der Waals surface area contributed by atoms with Gasteiger partial charge in [0.1, 0.15) is 6.61 Å². The number of hydrogen-bond donors (Lipinski definition) is 1. The van der Waals surface area contributed by atoms with E-state index in [1.807, 2.05) is 24.3 Å². The lowest BCUT2D eigenvalue weighted by molar-refractivity contribution is -0.0126. The van der Waals surface area contributed by atoms with Crippen LogP contribution < -0.4 is 5.32 Å². The molecule has 1 N–H and O–H groups in total. The van der Waals surface area contributed by atoms with Crippen molar-refractivity contribution in [2.24, 2.45) is 0 Å². The number of alkyl carbamates (subject to hydrolysis) is 1. The number of rotatable bonds is 21. The van der Waals surface area contributed by atoms with Gasteiger partial charge in [-0.3, -0.25) is 0 Å². The third-order valence-corrected chi connectivity index (χ3v) is 7.18. The summed E-state index contributed by atoms with van der Waals surface area (Å²) in [7, 11) is -1.46. The molecule has 0 atom stereocenters. The summed E-state index contributed by atoms with van der Waals surface area (Å²) in [5.41, 5.74) is 4.80. The van der Waals surface area contributed by atoms with E-state index in [1.165, 1.54) is 22.3 Å². The molecule has 0 spiro atoms. The molecule has 10 heteroatoms. The highest BCUT2D eigenvalue weighted by Crippen LogP contribution is 2.44. The molecule has 3 rings (SSSR count). The van der Waals surface area contributed by atoms with Crippen LogP contribution in [0.5, 0.6) is 0 Å². The second kappa shape index (κ2) is 18.2. The quantitative estimate of drug-likeness (QED) is 0.172. The first-order valence-electron chi connectivity index (χ1n) is 14.1. The standard InChI is InChI=1S/C30H45NO8Si/c1-40(2,3)39-23-22-37-21-20-36-19-18-35-17-16-34-15-14-33-13-12-31-30(32)38-24-29-27-10-6-4-8-25(27)26-9-5-7-11-28(26)29/h4-11,29H,12-24H2,1-3H3,(H,31,32). The molecular formula is C30H45NO8Si. The van der Waals surface area contributed by atoms with E-state index in [1.54, 1.807) is 0 Å². The minimum absolute atomic E-state index is 0.0490. The van der Waals surface area contributed by atoms with Crippen molar-refractivity contribution in [1.82, 2.24) is 5.32 Å². The normalized spacial score (nSPS) is 12.8. The lowest BCUT2D eigenvalue weighted by Crippen LogP contribution is -2.29. The fourth-order valence-electron chi connectivity index (χ4n) is 4.26. The number of hydrogen-bond acceptors (Lipinski definition) is 8. The third-order valence-electron chi connectivity index (χ3n) is 6.11. The summed E-state index contributed by atoms with van der Waals surface area (Å²) in [6, 6.07) is 16.5. The summed E-state index contributed by atoms with van der Waals surface area (Å²) in [4.78, 5) is 12.2. The van der Waals surface area contributed by atoms with Crippen molar-refractivity contribution in [1.29, 1.82) is 0 Å². The minimum atomic E-state index is -1.46. The van der Waals surface area contributed by atoms with E-state index in [0.29, 0.717) is 85.8 Å². The Labute approximate surface area is 239 Å². The van der Waals surface area contributed by atoms with E-state index in [0.717, 1.165) is 0 Å². The van der Waals surface area contributed by atoms with Crippen LogP contribution in [0.2, 0.25) is 19.6 Å². The van der Waals surface area contributed by atoms with Gasteiger partial charge >= 0.3 is 6.09 Å². The average molecular weight is 576 g/mol. The number of amides is 1. The molecule has 0 heterocycles. The predicted molar refractivity (Wildman–Crippen MR) is 156 cm³/mol. The molecule has 0 bridgehead atoms. The summed E-state index contributed by atoms with van der Waals surface area (Å²) in [5.74, 6) is 0.0490. The maximum absolute atomic E-state index is 12.2. The van der Waals surface area contributed by atoms with Gasteiger partial charge in [-0.1, -0.05) is 48.5 Å². The van der Waals surface area contributed by atoms with Crippen LogP contribution in [0.4, 0.5) is 4.79 Å². The second-order valence-electron chi connectivity index (χ2n) is 10.3. The molecule has 0 saturated heterocycles. The molecule has 0 saturated carbocycles. The number of nitrogens with one attached hydrogen (secondary N) is 1. The highest BCUT2D eigenvalue weighted by atomic mass is 28.4. The van der Waals surface area contributed by atoms with Crippen LogP contribution >= 0.6 is 0 Å². The molecule has 0 unspecified atom stereocenters. The zero-order valence-electron chi connectivity index (χ0n) is 24.2. The average Bonchev–Trinajstić information content (AvgIpc) is 3.26. The first-order chi connectivity index (χ1) is 19.5. The molecule has 2 aromatic rings. The van der Waals surface area contributed by atoms with Crippen molar-refractivity contribution in [3.8, 4) is 11.1 Å². The molecule has 1 amide bonds. The first kappa shape index (κ1) is 32.2. The van der Waals surface area contributed by atoms with Crippen LogP contribution in [-0.4, -0.2) is 100 Å². The Balaban J connectivity index is 1.08. The fraction of sp³-hybridized carbons (Fsp3) is 0.567. The summed E-state index contributed by atoms with van der Waals surface area (Å²) in [6.45, 7) is 12.8. The Morgan fingerprint density at radius 1 is 0.650 bits per heavy atom. The van der Waals surface area contributed by atoms with Gasteiger partial charge in [0.05, 0.1) is 72.7 Å². The topological polar surface area (TPSA) is 93.7 Å². The van der Waals surface area contributed by atoms with Crippen molar-refractivity contribution in [2.45, 2.75) is 25.6 Å². The van der Waals surface area contributed by atoms with E-state index >= 15 is 0 Å². The Hall–Kier alpha value is -2.31. The highest BCUT2D eigenvalue weighted by molar-refractivity contribution is 6.69. The maximum Gasteiger partial charge on any atom is 0.407 e. The molecule has 1 aliphatic carbocycles. The summed E-state index contributed by atoms with van der Waals surface area (Å²) >= 11 is 0. The van der Waals surface area contributed by atoms with Gasteiger partial charge in [0, 0.05) is 12.5 Å². The first-order valence-corrected chi connectivity index (χ1v) is 17.5. The molecule has 40 heavy (non-hydrogen) atoms. The van der Waals surface area contributed by atoms with Gasteiger partial charge in [0.15, 0.2) is 8.32 Å². The van der Waals surface area contributed by atoms with Crippen molar-refractivity contribution in [3.63, 3.8) is 0 Å². The lowest BCUT2D eigenvalue weighted by atomic mass is 9.98. The minimum Gasteiger partial charge on any atom is -0.449 e. The maximum atomic E-state index is 12.2. The van der Waals surface area contributed by atoms with Crippen LogP contribution in [0, 0.1) is 0 Å². The third kappa shape index (κ3) is 12.1. The van der Waals surface area contributed by atoms with Crippen molar-refractivity contribution in [3.05, 3.63) is 59.7 Å². The lowest BCUT2D eigenvalue weighted by Gasteiger charge is -2.16. The SMILES string of the molecule is C[Si](C)(C)OCCOCCOCCOCCOCCOCCNC(=O)OCC1c2ccccc2-c2ccccc21. The monoisotopic (exact) mass is 575 g/mol. The number of carbonyl (C=O) groups excluding carboxylic acids is 1. The number of carbonyl (C=O) groups is 1. The van der Waals surface area contributed by atoms with Gasteiger partial charge in [-0.25, -0.2) is 4.79 Å². The van der Waals surface area contributed by atoms with Crippen LogP contribution in [0.15, 0.2) is 48.5 Å². The van der Waals surface area contributed by atoms with Gasteiger partial charge < -0.3 is 38.2 Å². The van der Waals surface area contributed by atoms with E-state index in [2.05, 4.69) is 49.2 Å². The largest absolute Gasteiger partial charge is 0.449 e. The Kier molecular flexibility index (Phi) is 14.6. The van der Waals surface area contributed by atoms with Crippen LogP contribution in [-0.2, 0) is 32.8 Å². The van der Waals surface area contributed by atoms with Gasteiger partial charge in [-0.15, -0.1) is 0 Å². The summed E-state index contributed by atoms with van der Waals surface area (Å²) in [5, 5.41) is 2.74. The van der Waals surface area contributed by atoms with Gasteiger partial charge in [-0.05, 0) is 41.9 Å². The Morgan fingerprint density at radius 2 is 1.07 bits per heavy atom. The molecule has 1 aliphatic rings. The second-order valence-corrected chi connectivity index (χ2v) is 14.8. The van der Waals surface area contributed by atoms with Crippen molar-refractivity contribution >= 4 is 14.4 Å². The zero-order chi connectivity index (χ0) is 28.5. The van der Waals surface area contributed by atoms with Crippen molar-refractivity contribution < 1.29 is 37.6 Å². The highest BCUT2D eigenvalue weighted by Gasteiger charge is 2.28. The van der Waals surface area contributed by atoms with Crippen LogP contribution in [0.3, 0.4) is 0 Å². The van der Waals surface area contributed by atoms with E-state index in [9.17, 15) is 4.79 Å². The van der Waals surface area contributed by atoms with Crippen molar-refractivity contribution in [2.75, 3.05) is 85.8 Å². The zero-order valence-corrected chi connectivity index (χ0v) is 25.2. The van der Waals surface area contributed by atoms with Gasteiger partial charge in [0.25, 0.3) is 0 Å². The molecular weight excluding hydrogens is 530 g/mol. The van der Waals surface area contributed by atoms with E-state index < -0.39 is 14.4 Å². The molecule has 222 valence electrons.